The van der Waals surface area contributed by atoms with E-state index in [1.54, 1.807) is 0 Å². The van der Waals surface area contributed by atoms with E-state index in [-0.39, 0.29) is 0 Å². The van der Waals surface area contributed by atoms with E-state index >= 15 is 0 Å². The topological polar surface area (TPSA) is 27.1 Å². The molecule has 2 atom stereocenters. The van der Waals surface area contributed by atoms with Gasteiger partial charge in [0.1, 0.15) is 0 Å². The Hall–Kier alpha value is -0.370. The molecule has 0 radical (unpaired) electrons. The molecule has 2 unspecified atom stereocenters. The molecule has 0 spiro atoms. The molecule has 1 aliphatic heterocycles. The average molecular weight is 154 g/mol. The van der Waals surface area contributed by atoms with Gasteiger partial charge in [-0.2, -0.15) is 0 Å². The Labute approximate surface area is 69.1 Å². The number of hydrogen-bond acceptors (Lipinski definition) is 2. The molecule has 1 aliphatic rings. The highest BCUT2D eigenvalue weighted by Gasteiger charge is 2.31. The van der Waals surface area contributed by atoms with Crippen LogP contribution in [0.1, 0.15) is 26.7 Å². The van der Waals surface area contributed by atoms with Gasteiger partial charge in [-0.05, 0) is 32.9 Å². The van der Waals surface area contributed by atoms with Crippen molar-refractivity contribution in [2.24, 2.45) is 5.92 Å². The fourth-order valence-electron chi connectivity index (χ4n) is 2.14. The predicted molar refractivity (Wildman–Crippen MR) is 48.2 cm³/mol. The molecule has 1 heterocycles. The average Bonchev–Trinajstić information content (AvgIpc) is 2.30. The zero-order chi connectivity index (χ0) is 8.43. The van der Waals surface area contributed by atoms with Crippen molar-refractivity contribution in [1.29, 1.82) is 5.41 Å². The van der Waals surface area contributed by atoms with E-state index in [9.17, 15) is 0 Å². The summed E-state index contributed by atoms with van der Waals surface area (Å²) in [7, 11) is 2.12. The van der Waals surface area contributed by atoms with E-state index in [1.165, 1.54) is 19.4 Å². The van der Waals surface area contributed by atoms with Crippen LogP contribution in [-0.4, -0.2) is 30.2 Å². The van der Waals surface area contributed by atoms with Gasteiger partial charge in [-0.3, -0.25) is 4.90 Å². The molecule has 0 bridgehead atoms. The lowest BCUT2D eigenvalue weighted by atomic mass is 9.95. The molecule has 2 nitrogen and oxygen atoms in total. The van der Waals surface area contributed by atoms with Gasteiger partial charge in [0.15, 0.2) is 0 Å². The highest BCUT2D eigenvalue weighted by molar-refractivity contribution is 5.84. The molecular weight excluding hydrogens is 136 g/mol. The second kappa shape index (κ2) is 3.35. The van der Waals surface area contributed by atoms with Gasteiger partial charge in [-0.25, -0.2) is 0 Å². The van der Waals surface area contributed by atoms with Crippen LogP contribution in [0, 0.1) is 11.3 Å². The molecule has 1 fully saturated rings. The monoisotopic (exact) mass is 154 g/mol. The summed E-state index contributed by atoms with van der Waals surface area (Å²) in [5.41, 5.74) is 0.830. The SMILES string of the molecule is CCC1CCN(C)C1C(C)=N. The number of rotatable bonds is 2. The zero-order valence-electron chi connectivity index (χ0n) is 7.72. The summed E-state index contributed by atoms with van der Waals surface area (Å²) in [6.45, 7) is 5.31. The van der Waals surface area contributed by atoms with Gasteiger partial charge < -0.3 is 5.41 Å². The normalized spacial score (nSPS) is 32.6. The van der Waals surface area contributed by atoms with Crippen LogP contribution in [0.2, 0.25) is 0 Å². The summed E-state index contributed by atoms with van der Waals surface area (Å²) in [6, 6.07) is 0.431. The van der Waals surface area contributed by atoms with Crippen LogP contribution in [0.5, 0.6) is 0 Å². The van der Waals surface area contributed by atoms with E-state index in [0.717, 1.165) is 11.6 Å². The van der Waals surface area contributed by atoms with Crippen molar-refractivity contribution < 1.29 is 0 Å². The lowest BCUT2D eigenvalue weighted by Gasteiger charge is -2.23. The number of nitrogens with one attached hydrogen (secondary N) is 1. The van der Waals surface area contributed by atoms with Crippen LogP contribution < -0.4 is 0 Å². The molecule has 11 heavy (non-hydrogen) atoms. The number of likely N-dealkylation sites (tertiary alicyclic amines) is 1. The van der Waals surface area contributed by atoms with Crippen LogP contribution in [-0.2, 0) is 0 Å². The van der Waals surface area contributed by atoms with Crippen molar-refractivity contribution in [3.05, 3.63) is 0 Å². The Morgan fingerprint density at radius 1 is 1.64 bits per heavy atom. The lowest BCUT2D eigenvalue weighted by Crippen LogP contribution is -2.35. The molecule has 0 amide bonds. The van der Waals surface area contributed by atoms with E-state index in [0.29, 0.717) is 6.04 Å². The van der Waals surface area contributed by atoms with E-state index in [2.05, 4.69) is 18.9 Å². The quantitative estimate of drug-likeness (QED) is 0.603. The minimum Gasteiger partial charge on any atom is -0.308 e. The van der Waals surface area contributed by atoms with Crippen LogP contribution in [0.3, 0.4) is 0 Å². The Morgan fingerprint density at radius 3 is 2.64 bits per heavy atom. The van der Waals surface area contributed by atoms with Crippen molar-refractivity contribution >= 4 is 5.71 Å². The fourth-order valence-corrected chi connectivity index (χ4v) is 2.14. The third kappa shape index (κ3) is 1.62. The first kappa shape index (κ1) is 8.72. The van der Waals surface area contributed by atoms with Crippen LogP contribution in [0.25, 0.3) is 0 Å². The molecule has 0 aliphatic carbocycles. The van der Waals surface area contributed by atoms with Gasteiger partial charge >= 0.3 is 0 Å². The predicted octanol–water partition coefficient (Wildman–Crippen LogP) is 1.76. The Morgan fingerprint density at radius 2 is 2.27 bits per heavy atom. The molecule has 64 valence electrons. The molecular formula is C9H18N2. The van der Waals surface area contributed by atoms with E-state index < -0.39 is 0 Å². The molecule has 0 aromatic rings. The van der Waals surface area contributed by atoms with Gasteiger partial charge in [-0.15, -0.1) is 0 Å². The molecule has 2 heteroatoms. The van der Waals surface area contributed by atoms with Gasteiger partial charge in [0.2, 0.25) is 0 Å². The van der Waals surface area contributed by atoms with Crippen molar-refractivity contribution in [3.63, 3.8) is 0 Å². The lowest BCUT2D eigenvalue weighted by molar-refractivity contribution is 0.335. The third-order valence-corrected chi connectivity index (χ3v) is 2.74. The number of hydrogen-bond donors (Lipinski definition) is 1. The van der Waals surface area contributed by atoms with Gasteiger partial charge in [0, 0.05) is 11.8 Å². The molecule has 0 aromatic carbocycles. The first-order valence-corrected chi connectivity index (χ1v) is 4.42. The molecule has 1 N–H and O–H groups in total. The summed E-state index contributed by atoms with van der Waals surface area (Å²) in [5, 5.41) is 7.61. The summed E-state index contributed by atoms with van der Waals surface area (Å²) in [5.74, 6) is 0.734. The second-order valence-electron chi connectivity index (χ2n) is 3.57. The Kier molecular flexibility index (Phi) is 2.66. The minimum atomic E-state index is 0.431. The molecule has 0 saturated carbocycles. The molecule has 1 rings (SSSR count). The molecule has 0 aromatic heterocycles. The van der Waals surface area contributed by atoms with Gasteiger partial charge in [-0.1, -0.05) is 13.3 Å². The first-order chi connectivity index (χ1) is 5.16. The van der Waals surface area contributed by atoms with E-state index in [4.69, 9.17) is 5.41 Å². The van der Waals surface area contributed by atoms with Crippen molar-refractivity contribution in [2.75, 3.05) is 13.6 Å². The zero-order valence-corrected chi connectivity index (χ0v) is 7.72. The summed E-state index contributed by atoms with van der Waals surface area (Å²) >= 11 is 0. The van der Waals surface area contributed by atoms with Crippen LogP contribution >= 0.6 is 0 Å². The number of nitrogens with zero attached hydrogens (tertiary/aromatic N) is 1. The van der Waals surface area contributed by atoms with E-state index in [1.807, 2.05) is 6.92 Å². The maximum atomic E-state index is 7.61. The first-order valence-electron chi connectivity index (χ1n) is 4.42. The Balaban J connectivity index is 2.63. The largest absolute Gasteiger partial charge is 0.308 e. The highest BCUT2D eigenvalue weighted by Crippen LogP contribution is 2.25. The third-order valence-electron chi connectivity index (χ3n) is 2.74. The van der Waals surface area contributed by atoms with Crippen molar-refractivity contribution in [2.45, 2.75) is 32.7 Å². The molecule has 1 saturated heterocycles. The van der Waals surface area contributed by atoms with Gasteiger partial charge in [0.05, 0.1) is 0 Å². The summed E-state index contributed by atoms with van der Waals surface area (Å²) in [4.78, 5) is 2.30. The van der Waals surface area contributed by atoms with Crippen LogP contribution in [0.15, 0.2) is 0 Å². The van der Waals surface area contributed by atoms with Gasteiger partial charge in [0.25, 0.3) is 0 Å². The maximum absolute atomic E-state index is 7.61. The highest BCUT2D eigenvalue weighted by atomic mass is 15.2. The maximum Gasteiger partial charge on any atom is 0.0496 e. The van der Waals surface area contributed by atoms with Crippen molar-refractivity contribution in [1.82, 2.24) is 4.90 Å². The van der Waals surface area contributed by atoms with Crippen LogP contribution in [0.4, 0.5) is 0 Å². The fraction of sp³-hybridized carbons (Fsp3) is 0.889. The minimum absolute atomic E-state index is 0.431. The van der Waals surface area contributed by atoms with Crippen molar-refractivity contribution in [3.8, 4) is 0 Å². The standard InChI is InChI=1S/C9H18N2/c1-4-8-5-6-11(3)9(8)7(2)10/h8-10H,4-6H2,1-3H3. The smallest absolute Gasteiger partial charge is 0.0496 e. The summed E-state index contributed by atoms with van der Waals surface area (Å²) in [6.07, 6.45) is 2.49. The Bertz CT molecular complexity index is 154. The second-order valence-corrected chi connectivity index (χ2v) is 3.57. The summed E-state index contributed by atoms with van der Waals surface area (Å²) < 4.78 is 0.